The average molecular weight is 434 g/mol. The van der Waals surface area contributed by atoms with Crippen LogP contribution >= 0.6 is 0 Å². The van der Waals surface area contributed by atoms with Crippen molar-refractivity contribution in [3.8, 4) is 0 Å². The summed E-state index contributed by atoms with van der Waals surface area (Å²) >= 11 is 0. The minimum atomic E-state index is -4.57. The van der Waals surface area contributed by atoms with Gasteiger partial charge in [-0.15, -0.1) is 0 Å². The highest BCUT2D eigenvalue weighted by atomic mass is 19.4. The highest BCUT2D eigenvalue weighted by Crippen LogP contribution is 2.38. The van der Waals surface area contributed by atoms with Crippen LogP contribution < -0.4 is 4.90 Å². The molecule has 8 nitrogen and oxygen atoms in total. The van der Waals surface area contributed by atoms with Crippen molar-refractivity contribution in [1.82, 2.24) is 25.0 Å². The summed E-state index contributed by atoms with van der Waals surface area (Å²) in [5, 5.41) is 3.51. The highest BCUT2D eigenvalue weighted by molar-refractivity contribution is 5.93. The molecule has 1 atom stereocenters. The fraction of sp³-hybridized carbons (Fsp3) is 0.450. The van der Waals surface area contributed by atoms with Crippen LogP contribution in [-0.4, -0.2) is 58.1 Å². The second kappa shape index (κ2) is 7.78. The minimum absolute atomic E-state index is 0.127. The van der Waals surface area contributed by atoms with Gasteiger partial charge in [-0.1, -0.05) is 5.16 Å². The van der Waals surface area contributed by atoms with Gasteiger partial charge in [-0.3, -0.25) is 4.79 Å². The number of rotatable bonds is 3. The van der Waals surface area contributed by atoms with E-state index in [1.54, 1.807) is 23.9 Å². The van der Waals surface area contributed by atoms with Crippen LogP contribution in [0.1, 0.15) is 46.1 Å². The zero-order chi connectivity index (χ0) is 22.3. The lowest BCUT2D eigenvalue weighted by Crippen LogP contribution is -2.39. The first-order valence-electron chi connectivity index (χ1n) is 9.78. The van der Waals surface area contributed by atoms with E-state index < -0.39 is 11.7 Å². The molecule has 0 bridgehead atoms. The molecule has 1 fully saturated rings. The van der Waals surface area contributed by atoms with Crippen molar-refractivity contribution in [2.24, 2.45) is 0 Å². The van der Waals surface area contributed by atoms with Gasteiger partial charge in [0, 0.05) is 45.5 Å². The number of pyridine rings is 1. The summed E-state index contributed by atoms with van der Waals surface area (Å²) in [4.78, 5) is 28.8. The zero-order valence-electron chi connectivity index (χ0n) is 17.3. The Hall–Kier alpha value is -3.24. The van der Waals surface area contributed by atoms with Crippen molar-refractivity contribution < 1.29 is 22.5 Å². The predicted octanol–water partition coefficient (Wildman–Crippen LogP) is 3.43. The third-order valence-electron chi connectivity index (χ3n) is 5.35. The van der Waals surface area contributed by atoms with Crippen molar-refractivity contribution in [2.75, 3.05) is 32.1 Å². The number of carbonyl (C=O) groups excluding carboxylic acids is 1. The first kappa shape index (κ1) is 21.0. The molecule has 0 aliphatic carbocycles. The number of alkyl halides is 3. The van der Waals surface area contributed by atoms with Crippen molar-refractivity contribution in [3.05, 3.63) is 41.0 Å². The van der Waals surface area contributed by atoms with E-state index in [2.05, 4.69) is 20.1 Å². The molecule has 164 valence electrons. The second-order valence-corrected chi connectivity index (χ2v) is 7.80. The molecule has 11 heteroatoms. The number of amides is 1. The van der Waals surface area contributed by atoms with Crippen LogP contribution in [0.2, 0.25) is 0 Å². The maximum absolute atomic E-state index is 13.7. The number of halogens is 3. The molecule has 1 amide bonds. The van der Waals surface area contributed by atoms with Crippen molar-refractivity contribution in [1.29, 1.82) is 0 Å². The first-order valence-corrected chi connectivity index (χ1v) is 9.78. The number of anilines is 1. The van der Waals surface area contributed by atoms with E-state index in [9.17, 15) is 18.0 Å². The standard InChI is InChI=1S/C20H21F3N6O2/c1-11-16-14(20(21,22)23)7-15(26-17(16)31-27-11)12-5-4-6-29(10-12)18(30)13-8-24-19(25-9-13)28(2)3/h7-9,12H,4-6,10H2,1-3H3. The fourth-order valence-corrected chi connectivity index (χ4v) is 3.79. The van der Waals surface area contributed by atoms with Crippen molar-refractivity contribution >= 4 is 23.0 Å². The molecule has 1 saturated heterocycles. The van der Waals surface area contributed by atoms with E-state index in [4.69, 9.17) is 4.52 Å². The number of aromatic nitrogens is 4. The summed E-state index contributed by atoms with van der Waals surface area (Å²) in [5.74, 6) is -0.134. The van der Waals surface area contributed by atoms with Gasteiger partial charge in [0.05, 0.1) is 27.9 Å². The van der Waals surface area contributed by atoms with Gasteiger partial charge in [0.15, 0.2) is 0 Å². The molecule has 31 heavy (non-hydrogen) atoms. The second-order valence-electron chi connectivity index (χ2n) is 7.80. The summed E-state index contributed by atoms with van der Waals surface area (Å²) in [5.41, 5.74) is -0.243. The number of hydrogen-bond donors (Lipinski definition) is 0. The molecule has 0 radical (unpaired) electrons. The lowest BCUT2D eigenvalue weighted by molar-refractivity contribution is -0.136. The van der Waals surface area contributed by atoms with Gasteiger partial charge in [-0.05, 0) is 25.8 Å². The minimum Gasteiger partial charge on any atom is -0.347 e. The van der Waals surface area contributed by atoms with Gasteiger partial charge in [0.2, 0.25) is 5.95 Å². The molecule has 1 aliphatic heterocycles. The molecular weight excluding hydrogens is 413 g/mol. The van der Waals surface area contributed by atoms with E-state index in [-0.39, 0.29) is 40.9 Å². The van der Waals surface area contributed by atoms with Gasteiger partial charge >= 0.3 is 6.18 Å². The van der Waals surface area contributed by atoms with Crippen LogP contribution in [-0.2, 0) is 6.18 Å². The predicted molar refractivity (Wildman–Crippen MR) is 106 cm³/mol. The van der Waals surface area contributed by atoms with Gasteiger partial charge in [-0.2, -0.15) is 13.2 Å². The van der Waals surface area contributed by atoms with Gasteiger partial charge in [0.1, 0.15) is 0 Å². The lowest BCUT2D eigenvalue weighted by Gasteiger charge is -2.32. The molecule has 3 aromatic heterocycles. The van der Waals surface area contributed by atoms with Gasteiger partial charge in [0.25, 0.3) is 11.6 Å². The Bertz CT molecular complexity index is 1110. The molecule has 0 aromatic carbocycles. The van der Waals surface area contributed by atoms with E-state index in [1.807, 2.05) is 0 Å². The Morgan fingerprint density at radius 3 is 2.61 bits per heavy atom. The molecule has 4 heterocycles. The SMILES string of the molecule is Cc1noc2nc(C3CCCN(C(=O)c4cnc(N(C)C)nc4)C3)cc(C(F)(F)F)c12. The maximum atomic E-state index is 13.7. The van der Waals surface area contributed by atoms with Crippen LogP contribution in [0.15, 0.2) is 23.0 Å². The van der Waals surface area contributed by atoms with Crippen LogP contribution in [0.5, 0.6) is 0 Å². The molecule has 0 saturated carbocycles. The number of hydrogen-bond acceptors (Lipinski definition) is 7. The number of carbonyl (C=O) groups is 1. The Morgan fingerprint density at radius 1 is 1.26 bits per heavy atom. The lowest BCUT2D eigenvalue weighted by atomic mass is 9.92. The van der Waals surface area contributed by atoms with Crippen LogP contribution in [0, 0.1) is 6.92 Å². The van der Waals surface area contributed by atoms with E-state index in [0.29, 0.717) is 30.9 Å². The Labute approximate surface area is 176 Å². The number of nitrogens with zero attached hydrogens (tertiary/aromatic N) is 6. The molecular formula is C20H21F3N6O2. The van der Waals surface area contributed by atoms with E-state index in [1.165, 1.54) is 19.3 Å². The Balaban J connectivity index is 1.61. The summed E-state index contributed by atoms with van der Waals surface area (Å²) in [6, 6.07) is 1.06. The van der Waals surface area contributed by atoms with E-state index in [0.717, 1.165) is 6.07 Å². The summed E-state index contributed by atoms with van der Waals surface area (Å²) < 4.78 is 46.0. The van der Waals surface area contributed by atoms with Gasteiger partial charge < -0.3 is 14.3 Å². The number of aryl methyl sites for hydroxylation is 1. The van der Waals surface area contributed by atoms with Crippen LogP contribution in [0.3, 0.4) is 0 Å². The third kappa shape index (κ3) is 4.04. The molecule has 4 rings (SSSR count). The molecule has 3 aromatic rings. The highest BCUT2D eigenvalue weighted by Gasteiger charge is 2.37. The molecule has 1 aliphatic rings. The van der Waals surface area contributed by atoms with Crippen molar-refractivity contribution in [3.63, 3.8) is 0 Å². The quantitative estimate of drug-likeness (QED) is 0.624. The first-order chi connectivity index (χ1) is 14.6. The van der Waals surface area contributed by atoms with Gasteiger partial charge in [-0.25, -0.2) is 15.0 Å². The number of fused-ring (bicyclic) bond motifs is 1. The van der Waals surface area contributed by atoms with Crippen LogP contribution in [0.25, 0.3) is 11.1 Å². The maximum Gasteiger partial charge on any atom is 0.417 e. The Kier molecular flexibility index (Phi) is 5.28. The summed E-state index contributed by atoms with van der Waals surface area (Å²) in [7, 11) is 3.59. The number of likely N-dealkylation sites (tertiary alicyclic amines) is 1. The Morgan fingerprint density at radius 2 is 1.97 bits per heavy atom. The normalized spacial score (nSPS) is 17.2. The molecule has 0 N–H and O–H groups in total. The van der Waals surface area contributed by atoms with Crippen molar-refractivity contribution in [2.45, 2.75) is 31.9 Å². The van der Waals surface area contributed by atoms with Crippen LogP contribution in [0.4, 0.5) is 19.1 Å². The third-order valence-corrected chi connectivity index (χ3v) is 5.35. The summed E-state index contributed by atoms with van der Waals surface area (Å²) in [6.07, 6.45) is -0.399. The van der Waals surface area contributed by atoms with E-state index >= 15 is 0 Å². The monoisotopic (exact) mass is 434 g/mol. The zero-order valence-corrected chi connectivity index (χ0v) is 17.3. The fourth-order valence-electron chi connectivity index (χ4n) is 3.79. The summed E-state index contributed by atoms with van der Waals surface area (Å²) in [6.45, 7) is 2.20. The topological polar surface area (TPSA) is 88.2 Å². The average Bonchev–Trinajstić information content (AvgIpc) is 3.12. The molecule has 0 spiro atoms. The molecule has 1 unspecified atom stereocenters. The smallest absolute Gasteiger partial charge is 0.347 e. The number of piperidine rings is 1. The largest absolute Gasteiger partial charge is 0.417 e.